The molecular formula is C35H37NO3S. The largest absolute Gasteiger partial charge is 0.497 e. The summed E-state index contributed by atoms with van der Waals surface area (Å²) in [7, 11) is -3.35. The van der Waals surface area contributed by atoms with E-state index in [2.05, 4.69) is 72.8 Å². The lowest BCUT2D eigenvalue weighted by atomic mass is 9.86. The molecule has 0 N–H and O–H groups in total. The second-order valence-corrected chi connectivity index (χ2v) is 13.0. The summed E-state index contributed by atoms with van der Waals surface area (Å²) >= 11 is 0. The SMILES string of the molecule is O=S(=O)(C1=CCOC=C1)N1CCC(Cc2ccccc2)CC1.c1ccc2c(c1)ccc1c3c(ccc12)CCCC3. The van der Waals surface area contributed by atoms with Crippen LogP contribution >= 0.6 is 0 Å². The average Bonchev–Trinajstić information content (AvgIpc) is 3.02. The molecule has 0 spiro atoms. The monoisotopic (exact) mass is 551 g/mol. The molecule has 1 saturated heterocycles. The quantitative estimate of drug-likeness (QED) is 0.246. The summed E-state index contributed by atoms with van der Waals surface area (Å²) in [6.07, 6.45) is 12.7. The van der Waals surface area contributed by atoms with E-state index in [0.29, 0.717) is 30.5 Å². The van der Waals surface area contributed by atoms with Crippen molar-refractivity contribution < 1.29 is 13.2 Å². The first-order valence-electron chi connectivity index (χ1n) is 14.5. The smallest absolute Gasteiger partial charge is 0.242 e. The highest BCUT2D eigenvalue weighted by molar-refractivity contribution is 7.93. The Bertz CT molecular complexity index is 1650. The van der Waals surface area contributed by atoms with Gasteiger partial charge in [-0.15, -0.1) is 0 Å². The Balaban J connectivity index is 0.000000147. The molecule has 1 aliphatic carbocycles. The molecule has 4 aromatic carbocycles. The van der Waals surface area contributed by atoms with Crippen LogP contribution in [0.5, 0.6) is 0 Å². The molecule has 4 nitrogen and oxygen atoms in total. The summed E-state index contributed by atoms with van der Waals surface area (Å²) in [5, 5.41) is 5.64. The van der Waals surface area contributed by atoms with Gasteiger partial charge in [0, 0.05) is 13.1 Å². The second kappa shape index (κ2) is 12.0. The van der Waals surface area contributed by atoms with E-state index < -0.39 is 10.0 Å². The van der Waals surface area contributed by atoms with Crippen LogP contribution in [0.3, 0.4) is 0 Å². The Labute approximate surface area is 238 Å². The minimum absolute atomic E-state index is 0.329. The van der Waals surface area contributed by atoms with Crippen molar-refractivity contribution in [1.29, 1.82) is 0 Å². The Morgan fingerprint density at radius 2 is 1.52 bits per heavy atom. The van der Waals surface area contributed by atoms with Gasteiger partial charge < -0.3 is 4.74 Å². The van der Waals surface area contributed by atoms with E-state index in [1.54, 1.807) is 21.5 Å². The molecule has 0 amide bonds. The lowest BCUT2D eigenvalue weighted by Gasteiger charge is -2.31. The third-order valence-electron chi connectivity index (χ3n) is 8.55. The third kappa shape index (κ3) is 5.72. The standard InChI is InChI=1S/C18H16.C17H21NO3S/c1-3-7-15-13(5-1)9-11-18-16-8-4-2-6-14(16)10-12-17(15)18;19-22(20,17-8-12-21-13-9-17)18-10-6-16(7-11-18)14-15-4-2-1-3-5-15/h1,3,5,7,9-12H,2,4,6,8H2;1-5,8-9,12,16H,6-7,10-11,13-14H2. The number of allylic oxidation sites excluding steroid dienone is 1. The molecule has 7 rings (SSSR count). The minimum atomic E-state index is -3.35. The lowest BCUT2D eigenvalue weighted by Crippen LogP contribution is -2.39. The number of hydrogen-bond donors (Lipinski definition) is 0. The van der Waals surface area contributed by atoms with Gasteiger partial charge in [-0.25, -0.2) is 8.42 Å². The summed E-state index contributed by atoms with van der Waals surface area (Å²) < 4.78 is 31.7. The summed E-state index contributed by atoms with van der Waals surface area (Å²) in [5.41, 5.74) is 4.51. The van der Waals surface area contributed by atoms with Crippen LogP contribution < -0.4 is 0 Å². The van der Waals surface area contributed by atoms with E-state index in [9.17, 15) is 8.42 Å². The van der Waals surface area contributed by atoms with E-state index in [1.807, 2.05) is 6.07 Å². The van der Waals surface area contributed by atoms with Gasteiger partial charge in [-0.3, -0.25) is 0 Å². The molecule has 206 valence electrons. The van der Waals surface area contributed by atoms with Crippen molar-refractivity contribution in [2.75, 3.05) is 19.7 Å². The first-order valence-corrected chi connectivity index (χ1v) is 16.0. The van der Waals surface area contributed by atoms with Crippen LogP contribution in [0.1, 0.15) is 42.4 Å². The highest BCUT2D eigenvalue weighted by Crippen LogP contribution is 2.33. The number of benzene rings is 4. The van der Waals surface area contributed by atoms with Crippen molar-refractivity contribution in [3.63, 3.8) is 0 Å². The van der Waals surface area contributed by atoms with Gasteiger partial charge in [0.25, 0.3) is 0 Å². The fraction of sp³-hybridized carbons (Fsp3) is 0.314. The van der Waals surface area contributed by atoms with Gasteiger partial charge in [-0.1, -0.05) is 78.9 Å². The number of piperidine rings is 1. The van der Waals surface area contributed by atoms with Gasteiger partial charge in [-0.2, -0.15) is 4.31 Å². The van der Waals surface area contributed by atoms with Crippen molar-refractivity contribution in [3.8, 4) is 0 Å². The predicted octanol–water partition coefficient (Wildman–Crippen LogP) is 7.57. The van der Waals surface area contributed by atoms with Crippen LogP contribution in [0.2, 0.25) is 0 Å². The molecule has 2 heterocycles. The molecule has 0 saturated carbocycles. The third-order valence-corrected chi connectivity index (χ3v) is 10.5. The maximum atomic E-state index is 12.6. The topological polar surface area (TPSA) is 46.6 Å². The van der Waals surface area contributed by atoms with Gasteiger partial charge in [-0.05, 0) is 101 Å². The fourth-order valence-electron chi connectivity index (χ4n) is 6.35. The fourth-order valence-corrected chi connectivity index (χ4v) is 7.85. The molecule has 0 atom stereocenters. The van der Waals surface area contributed by atoms with Crippen LogP contribution in [0, 0.1) is 5.92 Å². The van der Waals surface area contributed by atoms with Crippen LogP contribution in [0.4, 0.5) is 0 Å². The number of aryl methyl sites for hydroxylation is 2. The summed E-state index contributed by atoms with van der Waals surface area (Å²) in [6.45, 7) is 1.53. The molecule has 0 aromatic heterocycles. The number of fused-ring (bicyclic) bond motifs is 5. The first kappa shape index (κ1) is 26.8. The number of hydrogen-bond acceptors (Lipinski definition) is 3. The van der Waals surface area contributed by atoms with Crippen molar-refractivity contribution in [3.05, 3.63) is 119 Å². The molecule has 0 unspecified atom stereocenters. The molecule has 40 heavy (non-hydrogen) atoms. The molecule has 5 heteroatoms. The van der Waals surface area contributed by atoms with Gasteiger partial charge in [0.1, 0.15) is 6.61 Å². The summed E-state index contributed by atoms with van der Waals surface area (Å²) in [5.74, 6) is 0.563. The maximum Gasteiger partial charge on any atom is 0.242 e. The van der Waals surface area contributed by atoms with Crippen molar-refractivity contribution in [2.45, 2.75) is 44.9 Å². The first-order chi connectivity index (χ1) is 19.6. The maximum absolute atomic E-state index is 12.6. The highest BCUT2D eigenvalue weighted by Gasteiger charge is 2.30. The van der Waals surface area contributed by atoms with Crippen LogP contribution in [0.25, 0.3) is 21.5 Å². The summed E-state index contributed by atoms with van der Waals surface area (Å²) in [4.78, 5) is 0.361. The minimum Gasteiger partial charge on any atom is -0.497 e. The molecule has 2 aliphatic heterocycles. The van der Waals surface area contributed by atoms with E-state index in [0.717, 1.165) is 19.3 Å². The molecule has 1 fully saturated rings. The Hall–Kier alpha value is -3.41. The van der Waals surface area contributed by atoms with Crippen molar-refractivity contribution >= 4 is 31.6 Å². The molecule has 0 radical (unpaired) electrons. The van der Waals surface area contributed by atoms with Crippen LogP contribution in [0.15, 0.2) is 102 Å². The number of nitrogens with zero attached hydrogens (tertiary/aromatic N) is 1. The van der Waals surface area contributed by atoms with Crippen LogP contribution in [-0.2, 0) is 34.0 Å². The zero-order valence-corrected chi connectivity index (χ0v) is 23.8. The molecule has 3 aliphatic rings. The van der Waals surface area contributed by atoms with Gasteiger partial charge in [0.15, 0.2) is 0 Å². The number of sulfonamides is 1. The normalized spacial score (nSPS) is 17.9. The molecule has 0 bridgehead atoms. The van der Waals surface area contributed by atoms with Gasteiger partial charge >= 0.3 is 0 Å². The predicted molar refractivity (Wildman–Crippen MR) is 165 cm³/mol. The Morgan fingerprint density at radius 1 is 0.775 bits per heavy atom. The average molecular weight is 552 g/mol. The Kier molecular flexibility index (Phi) is 8.03. The highest BCUT2D eigenvalue weighted by atomic mass is 32.2. The molecular weight excluding hydrogens is 514 g/mol. The van der Waals surface area contributed by atoms with E-state index in [1.165, 1.54) is 65.1 Å². The lowest BCUT2D eigenvalue weighted by molar-refractivity contribution is 0.272. The van der Waals surface area contributed by atoms with Crippen LogP contribution in [-0.4, -0.2) is 32.4 Å². The summed E-state index contributed by atoms with van der Waals surface area (Å²) in [6, 6.07) is 28.4. The van der Waals surface area contributed by atoms with E-state index >= 15 is 0 Å². The number of rotatable bonds is 4. The van der Waals surface area contributed by atoms with Gasteiger partial charge in [0.2, 0.25) is 10.0 Å². The van der Waals surface area contributed by atoms with Crippen molar-refractivity contribution in [2.24, 2.45) is 5.92 Å². The second-order valence-electron chi connectivity index (χ2n) is 11.1. The van der Waals surface area contributed by atoms with Gasteiger partial charge in [0.05, 0.1) is 11.2 Å². The Morgan fingerprint density at radius 3 is 2.33 bits per heavy atom. The zero-order chi connectivity index (χ0) is 27.4. The van der Waals surface area contributed by atoms with Crippen molar-refractivity contribution in [1.82, 2.24) is 4.31 Å². The van der Waals surface area contributed by atoms with E-state index in [4.69, 9.17) is 4.74 Å². The molecule has 4 aromatic rings. The number of ether oxygens (including phenoxy) is 1. The van der Waals surface area contributed by atoms with E-state index in [-0.39, 0.29) is 0 Å². The zero-order valence-electron chi connectivity index (χ0n) is 23.0.